The maximum absolute atomic E-state index is 13.8. The van der Waals surface area contributed by atoms with Gasteiger partial charge in [0.2, 0.25) is 5.91 Å². The fourth-order valence-corrected chi connectivity index (χ4v) is 3.66. The van der Waals surface area contributed by atoms with Crippen LogP contribution in [0.1, 0.15) is 24.2 Å². The highest BCUT2D eigenvalue weighted by Gasteiger charge is 2.27. The summed E-state index contributed by atoms with van der Waals surface area (Å²) in [7, 11) is 0. The number of anilines is 2. The molecule has 0 bridgehead atoms. The Balaban J connectivity index is 1.45. The summed E-state index contributed by atoms with van der Waals surface area (Å²) < 4.78 is 15.6. The van der Waals surface area contributed by atoms with Gasteiger partial charge in [-0.1, -0.05) is 12.1 Å². The van der Waals surface area contributed by atoms with Crippen molar-refractivity contribution < 1.29 is 9.18 Å². The summed E-state index contributed by atoms with van der Waals surface area (Å²) in [6.07, 6.45) is 1.62. The van der Waals surface area contributed by atoms with Crippen LogP contribution in [0.5, 0.6) is 0 Å². The van der Waals surface area contributed by atoms with E-state index in [2.05, 4.69) is 20.6 Å². The van der Waals surface area contributed by atoms with Gasteiger partial charge in [-0.15, -0.1) is 10.2 Å². The van der Waals surface area contributed by atoms with E-state index in [1.165, 1.54) is 6.07 Å². The minimum absolute atomic E-state index is 0.174. The molecule has 0 saturated carbocycles. The SMILES string of the molecule is Cc1cc(C)n(-c2ccc(N3CCCC(C(=O)Nc4ccccc4F)C3)nn2)n1. The second-order valence-corrected chi connectivity index (χ2v) is 7.34. The standard InChI is InChI=1S/C21H23FN6O/c1-14-12-15(2)28(26-14)20-10-9-19(24-25-20)27-11-5-6-16(13-27)21(29)23-18-8-4-3-7-17(18)22/h3-4,7-10,12,16H,5-6,11,13H2,1-2H3,(H,23,29). The summed E-state index contributed by atoms with van der Waals surface area (Å²) in [5.74, 6) is 0.538. The largest absolute Gasteiger partial charge is 0.354 e. The summed E-state index contributed by atoms with van der Waals surface area (Å²) >= 11 is 0. The first-order valence-electron chi connectivity index (χ1n) is 9.69. The van der Waals surface area contributed by atoms with E-state index in [1.807, 2.05) is 36.9 Å². The van der Waals surface area contributed by atoms with E-state index in [1.54, 1.807) is 22.9 Å². The van der Waals surface area contributed by atoms with Crippen molar-refractivity contribution in [3.05, 3.63) is 59.7 Å². The second kappa shape index (κ2) is 7.98. The molecular formula is C21H23FN6O. The lowest BCUT2D eigenvalue weighted by molar-refractivity contribution is -0.120. The number of nitrogens with one attached hydrogen (secondary N) is 1. The monoisotopic (exact) mass is 394 g/mol. The molecule has 1 aromatic carbocycles. The topological polar surface area (TPSA) is 75.9 Å². The molecule has 8 heteroatoms. The Kier molecular flexibility index (Phi) is 5.24. The van der Waals surface area contributed by atoms with Crippen molar-refractivity contribution in [2.45, 2.75) is 26.7 Å². The fourth-order valence-electron chi connectivity index (χ4n) is 3.66. The van der Waals surface area contributed by atoms with Gasteiger partial charge in [0.05, 0.1) is 17.3 Å². The predicted octanol–water partition coefficient (Wildman–Crippen LogP) is 3.27. The molecule has 29 heavy (non-hydrogen) atoms. The molecule has 7 nitrogen and oxygen atoms in total. The number of hydrogen-bond donors (Lipinski definition) is 1. The third-order valence-corrected chi connectivity index (χ3v) is 5.11. The van der Waals surface area contributed by atoms with Crippen molar-refractivity contribution in [3.8, 4) is 5.82 Å². The van der Waals surface area contributed by atoms with Gasteiger partial charge in [-0.05, 0) is 57.0 Å². The molecule has 1 saturated heterocycles. The van der Waals surface area contributed by atoms with E-state index in [-0.39, 0.29) is 17.5 Å². The van der Waals surface area contributed by atoms with Crippen LogP contribution in [0.2, 0.25) is 0 Å². The third-order valence-electron chi connectivity index (χ3n) is 5.11. The molecule has 1 fully saturated rings. The predicted molar refractivity (Wildman–Crippen MR) is 109 cm³/mol. The Bertz CT molecular complexity index is 1020. The molecule has 3 aromatic rings. The number of hydrogen-bond acceptors (Lipinski definition) is 5. The molecule has 3 heterocycles. The van der Waals surface area contributed by atoms with Crippen LogP contribution in [-0.2, 0) is 4.79 Å². The van der Waals surface area contributed by atoms with Crippen LogP contribution < -0.4 is 10.2 Å². The lowest BCUT2D eigenvalue weighted by Gasteiger charge is -2.32. The number of para-hydroxylation sites is 1. The number of carbonyl (C=O) groups is 1. The van der Waals surface area contributed by atoms with Gasteiger partial charge >= 0.3 is 0 Å². The van der Waals surface area contributed by atoms with Crippen molar-refractivity contribution in [3.63, 3.8) is 0 Å². The Labute approximate surface area is 168 Å². The van der Waals surface area contributed by atoms with Crippen molar-refractivity contribution in [1.82, 2.24) is 20.0 Å². The minimum Gasteiger partial charge on any atom is -0.354 e. The molecule has 0 spiro atoms. The van der Waals surface area contributed by atoms with Gasteiger partial charge in [0, 0.05) is 18.8 Å². The zero-order chi connectivity index (χ0) is 20.4. The van der Waals surface area contributed by atoms with Crippen LogP contribution in [0.3, 0.4) is 0 Å². The molecular weight excluding hydrogens is 371 g/mol. The van der Waals surface area contributed by atoms with Gasteiger partial charge in [-0.2, -0.15) is 5.10 Å². The van der Waals surface area contributed by atoms with Crippen LogP contribution in [0, 0.1) is 25.6 Å². The Morgan fingerprint density at radius 3 is 2.59 bits per heavy atom. The van der Waals surface area contributed by atoms with Crippen LogP contribution in [-0.4, -0.2) is 39.0 Å². The number of aryl methyl sites for hydroxylation is 2. The normalized spacial score (nSPS) is 16.7. The highest BCUT2D eigenvalue weighted by molar-refractivity contribution is 5.93. The number of aromatic nitrogens is 4. The van der Waals surface area contributed by atoms with Crippen molar-refractivity contribution in [2.24, 2.45) is 5.92 Å². The second-order valence-electron chi connectivity index (χ2n) is 7.34. The molecule has 1 unspecified atom stereocenters. The summed E-state index contributed by atoms with van der Waals surface area (Å²) in [4.78, 5) is 14.7. The van der Waals surface area contributed by atoms with Gasteiger partial charge in [0.1, 0.15) is 5.82 Å². The highest BCUT2D eigenvalue weighted by Crippen LogP contribution is 2.24. The molecule has 0 aliphatic carbocycles. The number of rotatable bonds is 4. The lowest BCUT2D eigenvalue weighted by Crippen LogP contribution is -2.41. The quantitative estimate of drug-likeness (QED) is 0.735. The molecule has 150 valence electrons. The van der Waals surface area contributed by atoms with Gasteiger partial charge in [0.15, 0.2) is 11.6 Å². The highest BCUT2D eigenvalue weighted by atomic mass is 19.1. The molecule has 1 N–H and O–H groups in total. The van der Waals surface area contributed by atoms with Gasteiger partial charge in [0.25, 0.3) is 0 Å². The van der Waals surface area contributed by atoms with Crippen molar-refractivity contribution >= 4 is 17.4 Å². The number of halogens is 1. The van der Waals surface area contributed by atoms with E-state index in [0.717, 1.165) is 36.6 Å². The molecule has 1 atom stereocenters. The average Bonchev–Trinajstić information content (AvgIpc) is 3.08. The van der Waals surface area contributed by atoms with Gasteiger partial charge in [-0.3, -0.25) is 4.79 Å². The zero-order valence-corrected chi connectivity index (χ0v) is 16.5. The zero-order valence-electron chi connectivity index (χ0n) is 16.5. The van der Waals surface area contributed by atoms with Crippen LogP contribution in [0.4, 0.5) is 15.9 Å². The maximum atomic E-state index is 13.8. The molecule has 0 radical (unpaired) electrons. The number of benzene rings is 1. The third kappa shape index (κ3) is 4.11. The number of amides is 1. The van der Waals surface area contributed by atoms with E-state index in [9.17, 15) is 9.18 Å². The molecule has 2 aromatic heterocycles. The summed E-state index contributed by atoms with van der Waals surface area (Å²) in [5, 5.41) is 15.8. The summed E-state index contributed by atoms with van der Waals surface area (Å²) in [6.45, 7) is 5.23. The van der Waals surface area contributed by atoms with E-state index in [4.69, 9.17) is 0 Å². The Morgan fingerprint density at radius 1 is 1.14 bits per heavy atom. The first-order valence-corrected chi connectivity index (χ1v) is 9.69. The maximum Gasteiger partial charge on any atom is 0.229 e. The van der Waals surface area contributed by atoms with Gasteiger partial charge in [-0.25, -0.2) is 9.07 Å². The van der Waals surface area contributed by atoms with Crippen molar-refractivity contribution in [2.75, 3.05) is 23.3 Å². The molecule has 1 amide bonds. The van der Waals surface area contributed by atoms with Crippen LogP contribution >= 0.6 is 0 Å². The first kappa shape index (κ1) is 19.0. The Morgan fingerprint density at radius 2 is 1.90 bits per heavy atom. The van der Waals surface area contributed by atoms with E-state index in [0.29, 0.717) is 12.4 Å². The Hall–Kier alpha value is -3.29. The lowest BCUT2D eigenvalue weighted by atomic mass is 9.97. The fraction of sp³-hybridized carbons (Fsp3) is 0.333. The van der Waals surface area contributed by atoms with E-state index >= 15 is 0 Å². The van der Waals surface area contributed by atoms with Crippen LogP contribution in [0.15, 0.2) is 42.5 Å². The van der Waals surface area contributed by atoms with Crippen LogP contribution in [0.25, 0.3) is 5.82 Å². The molecule has 1 aliphatic heterocycles. The van der Waals surface area contributed by atoms with Gasteiger partial charge < -0.3 is 10.2 Å². The molecule has 1 aliphatic rings. The molecule has 4 rings (SSSR count). The summed E-state index contributed by atoms with van der Waals surface area (Å²) in [5.41, 5.74) is 2.13. The smallest absolute Gasteiger partial charge is 0.229 e. The first-order chi connectivity index (χ1) is 14.0. The van der Waals surface area contributed by atoms with E-state index < -0.39 is 5.82 Å². The average molecular weight is 394 g/mol. The number of nitrogens with zero attached hydrogens (tertiary/aromatic N) is 5. The number of piperidine rings is 1. The number of carbonyl (C=O) groups excluding carboxylic acids is 1. The minimum atomic E-state index is -0.431. The summed E-state index contributed by atoms with van der Waals surface area (Å²) in [6, 6.07) is 12.0. The van der Waals surface area contributed by atoms with Crippen molar-refractivity contribution in [1.29, 1.82) is 0 Å².